The van der Waals surface area contributed by atoms with Gasteiger partial charge in [-0.05, 0) is 37.2 Å². The van der Waals surface area contributed by atoms with Gasteiger partial charge >= 0.3 is 0 Å². The second-order valence-electron chi connectivity index (χ2n) is 2.58. The topological polar surface area (TPSA) is 9.23 Å². The van der Waals surface area contributed by atoms with E-state index >= 15 is 0 Å². The maximum atomic E-state index is 5.32. The molecule has 0 aromatic rings. The van der Waals surface area contributed by atoms with Gasteiger partial charge in [0.05, 0.1) is 6.61 Å². The number of rotatable bonds is 3. The van der Waals surface area contributed by atoms with E-state index in [1.54, 1.807) is 0 Å². The Balaban J connectivity index is 2.39. The van der Waals surface area contributed by atoms with Gasteiger partial charge in [0.25, 0.3) is 0 Å². The zero-order valence-corrected chi connectivity index (χ0v) is 7.68. The van der Waals surface area contributed by atoms with Gasteiger partial charge in [-0.2, -0.15) is 12.6 Å². The molecule has 0 aliphatic heterocycles. The number of hydrogen-bond donors (Lipinski definition) is 1. The lowest BCUT2D eigenvalue weighted by Gasteiger charge is -2.13. The van der Waals surface area contributed by atoms with Gasteiger partial charge in [-0.3, -0.25) is 0 Å². The molecule has 0 aromatic heterocycles. The highest BCUT2D eigenvalue weighted by Gasteiger charge is 2.06. The van der Waals surface area contributed by atoms with Gasteiger partial charge in [-0.15, -0.1) is 0 Å². The Labute approximate surface area is 73.5 Å². The predicted molar refractivity (Wildman–Crippen MR) is 50.8 cm³/mol. The van der Waals surface area contributed by atoms with Crippen molar-refractivity contribution in [3.05, 3.63) is 24.0 Å². The molecule has 1 nitrogen and oxygen atoms in total. The molecule has 2 heteroatoms. The van der Waals surface area contributed by atoms with Gasteiger partial charge in [0.1, 0.15) is 5.76 Å². The van der Waals surface area contributed by atoms with Crippen molar-refractivity contribution < 1.29 is 4.74 Å². The van der Waals surface area contributed by atoms with Crippen LogP contribution in [-0.4, -0.2) is 12.4 Å². The molecule has 1 atom stereocenters. The number of hydrogen-bond acceptors (Lipinski definition) is 2. The zero-order chi connectivity index (χ0) is 8.10. The van der Waals surface area contributed by atoms with Crippen LogP contribution in [0.25, 0.3) is 0 Å². The third-order valence-corrected chi connectivity index (χ3v) is 2.17. The molecule has 0 heterocycles. The lowest BCUT2D eigenvalue weighted by atomic mass is 10.0. The van der Waals surface area contributed by atoms with Crippen LogP contribution in [0.2, 0.25) is 0 Å². The number of thiol groups is 1. The summed E-state index contributed by atoms with van der Waals surface area (Å²) in [7, 11) is 0. The Kier molecular flexibility index (Phi) is 3.57. The van der Waals surface area contributed by atoms with E-state index in [0.29, 0.717) is 5.92 Å². The average Bonchev–Trinajstić information content (AvgIpc) is 2.07. The average molecular weight is 170 g/mol. The van der Waals surface area contributed by atoms with Crippen LogP contribution in [0.3, 0.4) is 0 Å². The van der Waals surface area contributed by atoms with E-state index in [1.165, 1.54) is 0 Å². The molecular weight excluding hydrogens is 156 g/mol. The molecular formula is C9H14OS. The largest absolute Gasteiger partial charge is 0.494 e. The van der Waals surface area contributed by atoms with Gasteiger partial charge in [0.2, 0.25) is 0 Å². The molecule has 1 aliphatic carbocycles. The van der Waals surface area contributed by atoms with Gasteiger partial charge in [0.15, 0.2) is 0 Å². The first-order valence-electron chi connectivity index (χ1n) is 3.98. The third kappa shape index (κ3) is 2.62. The zero-order valence-electron chi connectivity index (χ0n) is 6.79. The van der Waals surface area contributed by atoms with Gasteiger partial charge in [-0.25, -0.2) is 0 Å². The summed E-state index contributed by atoms with van der Waals surface area (Å²) in [6.45, 7) is 2.75. The summed E-state index contributed by atoms with van der Waals surface area (Å²) < 4.78 is 5.32. The molecule has 0 saturated heterocycles. The van der Waals surface area contributed by atoms with E-state index in [1.807, 2.05) is 13.0 Å². The van der Waals surface area contributed by atoms with E-state index in [4.69, 9.17) is 4.74 Å². The first kappa shape index (κ1) is 8.72. The summed E-state index contributed by atoms with van der Waals surface area (Å²) in [5.74, 6) is 2.53. The van der Waals surface area contributed by atoms with E-state index in [2.05, 4.69) is 24.8 Å². The van der Waals surface area contributed by atoms with Crippen LogP contribution < -0.4 is 0 Å². The van der Waals surface area contributed by atoms with Crippen molar-refractivity contribution in [1.29, 1.82) is 0 Å². The molecule has 11 heavy (non-hydrogen) atoms. The van der Waals surface area contributed by atoms with Crippen LogP contribution in [0.15, 0.2) is 24.0 Å². The van der Waals surface area contributed by atoms with Crippen molar-refractivity contribution >= 4 is 12.6 Å². The van der Waals surface area contributed by atoms with Crippen LogP contribution in [0.1, 0.15) is 13.3 Å². The highest BCUT2D eigenvalue weighted by Crippen LogP contribution is 2.17. The number of ether oxygens (including phenoxy) is 1. The van der Waals surface area contributed by atoms with Gasteiger partial charge in [0, 0.05) is 0 Å². The summed E-state index contributed by atoms with van der Waals surface area (Å²) in [6, 6.07) is 0. The van der Waals surface area contributed by atoms with E-state index in [-0.39, 0.29) is 0 Å². The minimum atomic E-state index is 0.600. The minimum absolute atomic E-state index is 0.600. The Hall–Kier alpha value is -0.370. The van der Waals surface area contributed by atoms with Gasteiger partial charge in [-0.1, -0.05) is 6.08 Å². The van der Waals surface area contributed by atoms with Crippen LogP contribution >= 0.6 is 12.6 Å². The highest BCUT2D eigenvalue weighted by atomic mass is 32.1. The third-order valence-electron chi connectivity index (χ3n) is 1.70. The second-order valence-corrected chi connectivity index (χ2v) is 2.94. The Bertz CT molecular complexity index is 172. The molecule has 1 unspecified atom stereocenters. The SMILES string of the molecule is CCOC1=CCC(CS)C=C1. The van der Waals surface area contributed by atoms with Crippen molar-refractivity contribution in [2.24, 2.45) is 5.92 Å². The van der Waals surface area contributed by atoms with Crippen molar-refractivity contribution in [1.82, 2.24) is 0 Å². The smallest absolute Gasteiger partial charge is 0.115 e. The Morgan fingerprint density at radius 1 is 1.73 bits per heavy atom. The second kappa shape index (κ2) is 4.50. The Morgan fingerprint density at radius 2 is 2.55 bits per heavy atom. The lowest BCUT2D eigenvalue weighted by molar-refractivity contribution is 0.239. The van der Waals surface area contributed by atoms with Crippen molar-refractivity contribution in [2.75, 3.05) is 12.4 Å². The minimum Gasteiger partial charge on any atom is -0.494 e. The summed E-state index contributed by atoms with van der Waals surface area (Å²) >= 11 is 4.22. The van der Waals surface area contributed by atoms with Crippen molar-refractivity contribution in [3.8, 4) is 0 Å². The summed E-state index contributed by atoms with van der Waals surface area (Å²) in [5, 5.41) is 0. The highest BCUT2D eigenvalue weighted by molar-refractivity contribution is 7.80. The van der Waals surface area contributed by atoms with Crippen molar-refractivity contribution in [2.45, 2.75) is 13.3 Å². The standard InChI is InChI=1S/C9H14OS/c1-2-10-9-5-3-8(7-11)4-6-9/h3,5-6,8,11H,2,4,7H2,1H3. The predicted octanol–water partition coefficient (Wildman–Crippen LogP) is 2.41. The summed E-state index contributed by atoms with van der Waals surface area (Å²) in [5.41, 5.74) is 0. The van der Waals surface area contributed by atoms with E-state index in [9.17, 15) is 0 Å². The summed E-state index contributed by atoms with van der Waals surface area (Å²) in [6.07, 6.45) is 7.39. The molecule has 1 rings (SSSR count). The quantitative estimate of drug-likeness (QED) is 0.640. The molecule has 0 spiro atoms. The van der Waals surface area contributed by atoms with Crippen LogP contribution in [0.5, 0.6) is 0 Å². The normalized spacial score (nSPS) is 23.1. The Morgan fingerprint density at radius 3 is 3.00 bits per heavy atom. The molecule has 0 N–H and O–H groups in total. The monoisotopic (exact) mass is 170 g/mol. The first-order chi connectivity index (χ1) is 5.36. The number of allylic oxidation sites excluding steroid dienone is 3. The van der Waals surface area contributed by atoms with Crippen LogP contribution in [0, 0.1) is 5.92 Å². The lowest BCUT2D eigenvalue weighted by Crippen LogP contribution is -2.02. The fourth-order valence-corrected chi connectivity index (χ4v) is 1.32. The first-order valence-corrected chi connectivity index (χ1v) is 4.62. The molecule has 0 fully saturated rings. The molecule has 0 saturated carbocycles. The molecule has 1 aliphatic rings. The van der Waals surface area contributed by atoms with Crippen LogP contribution in [0.4, 0.5) is 0 Å². The molecule has 0 bridgehead atoms. The molecule has 0 radical (unpaired) electrons. The molecule has 62 valence electrons. The van der Waals surface area contributed by atoms with Crippen molar-refractivity contribution in [3.63, 3.8) is 0 Å². The van der Waals surface area contributed by atoms with Crippen LogP contribution in [-0.2, 0) is 4.74 Å². The molecule has 0 aromatic carbocycles. The maximum Gasteiger partial charge on any atom is 0.115 e. The fraction of sp³-hybridized carbons (Fsp3) is 0.556. The summed E-state index contributed by atoms with van der Waals surface area (Å²) in [4.78, 5) is 0. The van der Waals surface area contributed by atoms with E-state index < -0.39 is 0 Å². The molecule has 0 amide bonds. The maximum absolute atomic E-state index is 5.32. The van der Waals surface area contributed by atoms with E-state index in [0.717, 1.165) is 24.5 Å². The van der Waals surface area contributed by atoms with Gasteiger partial charge < -0.3 is 4.74 Å². The fourth-order valence-electron chi connectivity index (χ4n) is 1.05.